The Morgan fingerprint density at radius 1 is 1.24 bits per heavy atom. The first-order valence-electron chi connectivity index (χ1n) is 12.6. The molecule has 0 spiro atoms. The van der Waals surface area contributed by atoms with Crippen molar-refractivity contribution in [2.45, 2.75) is 39.7 Å². The molecule has 2 aromatic carbocycles. The van der Waals surface area contributed by atoms with E-state index in [1.54, 1.807) is 12.0 Å². The molecule has 1 atom stereocenters. The number of rotatable bonds is 9. The minimum atomic E-state index is -0.599. The quantitative estimate of drug-likeness (QED) is 0.496. The van der Waals surface area contributed by atoms with E-state index >= 15 is 0 Å². The van der Waals surface area contributed by atoms with Crippen LogP contribution in [-0.4, -0.2) is 73.6 Å². The third-order valence-electron chi connectivity index (χ3n) is 5.89. The summed E-state index contributed by atoms with van der Waals surface area (Å²) in [5.74, 6) is 1.75. The van der Waals surface area contributed by atoms with Gasteiger partial charge in [-0.3, -0.25) is 9.69 Å². The summed E-state index contributed by atoms with van der Waals surface area (Å²) < 4.78 is 22.3. The van der Waals surface area contributed by atoms with E-state index in [1.165, 1.54) is 16.8 Å². The molecule has 0 aliphatic carbocycles. The van der Waals surface area contributed by atoms with Crippen LogP contribution in [0.3, 0.4) is 0 Å². The third-order valence-corrected chi connectivity index (χ3v) is 6.76. The SMILES string of the molecule is CCN(C(=O)OC1CNCCO1)c1ccc(CN2N=C(c3ccc(OC)c(OC(C)C)c3)CSC2=O)cc1. The van der Waals surface area contributed by atoms with Crippen LogP contribution in [0.1, 0.15) is 31.9 Å². The van der Waals surface area contributed by atoms with Crippen molar-refractivity contribution in [2.24, 2.45) is 5.10 Å². The maximum Gasteiger partial charge on any atom is 0.416 e. The molecule has 2 aliphatic rings. The number of benzene rings is 2. The monoisotopic (exact) mass is 542 g/mol. The molecular formula is C27H34N4O6S. The van der Waals surface area contributed by atoms with Crippen LogP contribution in [0.4, 0.5) is 15.3 Å². The van der Waals surface area contributed by atoms with Crippen molar-refractivity contribution in [2.75, 3.05) is 44.0 Å². The van der Waals surface area contributed by atoms with E-state index in [4.69, 9.17) is 18.9 Å². The molecule has 1 N–H and O–H groups in total. The molecule has 2 amide bonds. The molecule has 2 aliphatic heterocycles. The zero-order valence-corrected chi connectivity index (χ0v) is 23.0. The lowest BCUT2D eigenvalue weighted by Crippen LogP contribution is -2.44. The molecular weight excluding hydrogens is 508 g/mol. The Kier molecular flexibility index (Phi) is 9.48. The largest absolute Gasteiger partial charge is 0.493 e. The van der Waals surface area contributed by atoms with E-state index < -0.39 is 12.4 Å². The summed E-state index contributed by atoms with van der Waals surface area (Å²) in [4.78, 5) is 26.9. The summed E-state index contributed by atoms with van der Waals surface area (Å²) in [6.07, 6.45) is -1.07. The number of nitrogens with zero attached hydrogens (tertiary/aromatic N) is 3. The van der Waals surface area contributed by atoms with Crippen LogP contribution < -0.4 is 19.7 Å². The first-order valence-corrected chi connectivity index (χ1v) is 13.6. The second-order valence-electron chi connectivity index (χ2n) is 8.99. The highest BCUT2D eigenvalue weighted by Gasteiger charge is 2.25. The minimum Gasteiger partial charge on any atom is -0.493 e. The van der Waals surface area contributed by atoms with Gasteiger partial charge < -0.3 is 24.3 Å². The number of thioether (sulfide) groups is 1. The van der Waals surface area contributed by atoms with Gasteiger partial charge in [0.1, 0.15) is 0 Å². The highest BCUT2D eigenvalue weighted by molar-refractivity contribution is 8.14. The second kappa shape index (κ2) is 13.0. The van der Waals surface area contributed by atoms with Gasteiger partial charge in [0.05, 0.1) is 38.6 Å². The molecule has 1 unspecified atom stereocenters. The number of ether oxygens (including phenoxy) is 4. The summed E-state index contributed by atoms with van der Waals surface area (Å²) in [7, 11) is 1.60. The zero-order valence-electron chi connectivity index (χ0n) is 22.1. The van der Waals surface area contributed by atoms with Crippen molar-refractivity contribution in [3.8, 4) is 11.5 Å². The summed E-state index contributed by atoms with van der Waals surface area (Å²) in [6, 6.07) is 13.1. The van der Waals surface area contributed by atoms with Crippen molar-refractivity contribution < 1.29 is 28.5 Å². The molecule has 2 heterocycles. The molecule has 10 nitrogen and oxygen atoms in total. The molecule has 1 saturated heterocycles. The first-order chi connectivity index (χ1) is 18.4. The molecule has 204 valence electrons. The number of carbonyl (C=O) groups is 2. The number of amides is 2. The molecule has 0 saturated carbocycles. The zero-order chi connectivity index (χ0) is 27.1. The average Bonchev–Trinajstić information content (AvgIpc) is 2.91. The lowest BCUT2D eigenvalue weighted by Gasteiger charge is -2.27. The Hall–Kier alpha value is -3.28. The number of morpholine rings is 1. The number of hydrogen-bond acceptors (Lipinski definition) is 9. The normalized spacial score (nSPS) is 17.7. The van der Waals surface area contributed by atoms with Gasteiger partial charge in [0.15, 0.2) is 11.5 Å². The van der Waals surface area contributed by atoms with Crippen LogP contribution in [0.25, 0.3) is 0 Å². The molecule has 0 aromatic heterocycles. The summed E-state index contributed by atoms with van der Waals surface area (Å²) in [5.41, 5.74) is 3.23. The fourth-order valence-electron chi connectivity index (χ4n) is 4.03. The average molecular weight is 543 g/mol. The van der Waals surface area contributed by atoms with Crippen LogP contribution >= 0.6 is 11.8 Å². The predicted octanol–water partition coefficient (Wildman–Crippen LogP) is 4.46. The van der Waals surface area contributed by atoms with Crippen molar-refractivity contribution in [3.63, 3.8) is 0 Å². The standard InChI is InChI=1S/C27H34N4O6S/c1-5-30(26(32)37-25-15-28-12-13-35-25)21-9-6-19(7-10-21)16-31-27(33)38-17-22(29-31)20-8-11-23(34-4)24(14-20)36-18(2)3/h6-11,14,18,25,28H,5,12-13,15-17H2,1-4H3. The molecule has 0 bridgehead atoms. The fraction of sp³-hybridized carbons (Fsp3) is 0.444. The van der Waals surface area contributed by atoms with Gasteiger partial charge in [0.25, 0.3) is 0 Å². The van der Waals surface area contributed by atoms with E-state index in [9.17, 15) is 9.59 Å². The van der Waals surface area contributed by atoms with Crippen LogP contribution in [-0.2, 0) is 16.0 Å². The number of methoxy groups -OCH3 is 1. The first kappa shape index (κ1) is 27.7. The Morgan fingerprint density at radius 3 is 2.68 bits per heavy atom. The van der Waals surface area contributed by atoms with Crippen molar-refractivity contribution in [1.29, 1.82) is 0 Å². The van der Waals surface area contributed by atoms with E-state index in [0.717, 1.165) is 23.4 Å². The van der Waals surface area contributed by atoms with Crippen molar-refractivity contribution >= 4 is 34.5 Å². The topological polar surface area (TPSA) is 102 Å². The number of nitrogens with one attached hydrogen (secondary N) is 1. The minimum absolute atomic E-state index is 0.00837. The van der Waals surface area contributed by atoms with E-state index in [2.05, 4.69) is 10.4 Å². The van der Waals surface area contributed by atoms with Gasteiger partial charge in [-0.15, -0.1) is 0 Å². The number of anilines is 1. The van der Waals surface area contributed by atoms with Gasteiger partial charge in [-0.1, -0.05) is 23.9 Å². The van der Waals surface area contributed by atoms with E-state index in [-0.39, 0.29) is 11.3 Å². The molecule has 1 fully saturated rings. The highest BCUT2D eigenvalue weighted by atomic mass is 32.2. The van der Waals surface area contributed by atoms with Gasteiger partial charge in [-0.2, -0.15) is 5.10 Å². The van der Waals surface area contributed by atoms with Crippen LogP contribution in [0.5, 0.6) is 11.5 Å². The van der Waals surface area contributed by atoms with Gasteiger partial charge in [0, 0.05) is 30.1 Å². The van der Waals surface area contributed by atoms with Crippen LogP contribution in [0.15, 0.2) is 47.6 Å². The summed E-state index contributed by atoms with van der Waals surface area (Å²) in [5, 5.41) is 9.13. The lowest BCUT2D eigenvalue weighted by atomic mass is 10.1. The molecule has 11 heteroatoms. The molecule has 0 radical (unpaired) electrons. The van der Waals surface area contributed by atoms with Gasteiger partial charge in [-0.05, 0) is 56.7 Å². The van der Waals surface area contributed by atoms with Gasteiger partial charge in [-0.25, -0.2) is 9.80 Å². The van der Waals surface area contributed by atoms with Gasteiger partial charge >= 0.3 is 11.3 Å². The Morgan fingerprint density at radius 2 is 2.03 bits per heavy atom. The Balaban J connectivity index is 1.45. The van der Waals surface area contributed by atoms with Crippen molar-refractivity contribution in [3.05, 3.63) is 53.6 Å². The number of hydrogen-bond donors (Lipinski definition) is 1. The molecule has 38 heavy (non-hydrogen) atoms. The second-order valence-corrected chi connectivity index (χ2v) is 9.92. The predicted molar refractivity (Wildman–Crippen MR) is 147 cm³/mol. The van der Waals surface area contributed by atoms with Crippen molar-refractivity contribution in [1.82, 2.24) is 10.3 Å². The maximum absolute atomic E-state index is 12.7. The molecule has 2 aromatic rings. The maximum atomic E-state index is 12.7. The van der Waals surface area contributed by atoms with E-state index in [1.807, 2.05) is 63.2 Å². The summed E-state index contributed by atoms with van der Waals surface area (Å²) >= 11 is 1.21. The third kappa shape index (κ3) is 6.97. The van der Waals surface area contributed by atoms with Gasteiger partial charge in [0.2, 0.25) is 6.29 Å². The molecule has 4 rings (SSSR count). The van der Waals surface area contributed by atoms with Crippen LogP contribution in [0.2, 0.25) is 0 Å². The number of hydrazone groups is 1. The Labute approximate surface area is 227 Å². The highest BCUT2D eigenvalue weighted by Crippen LogP contribution is 2.31. The smallest absolute Gasteiger partial charge is 0.416 e. The Bertz CT molecular complexity index is 1150. The van der Waals surface area contributed by atoms with E-state index in [0.29, 0.717) is 49.2 Å². The summed E-state index contributed by atoms with van der Waals surface area (Å²) in [6.45, 7) is 8.25. The number of carbonyl (C=O) groups excluding carboxylic acids is 2. The lowest BCUT2D eigenvalue weighted by molar-refractivity contribution is -0.114. The fourth-order valence-corrected chi connectivity index (χ4v) is 4.77. The van der Waals surface area contributed by atoms with Crippen LogP contribution in [0, 0.1) is 0 Å².